The highest BCUT2D eigenvalue weighted by Gasteiger charge is 2.34. The van der Waals surface area contributed by atoms with Crippen LogP contribution in [0.2, 0.25) is 0 Å². The van der Waals surface area contributed by atoms with Crippen molar-refractivity contribution in [3.8, 4) is 0 Å². The van der Waals surface area contributed by atoms with Crippen LogP contribution in [-0.4, -0.2) is 36.9 Å². The molecule has 0 aliphatic carbocycles. The molecule has 1 heterocycles. The molecule has 0 bridgehead atoms. The monoisotopic (exact) mass is 297 g/mol. The molecule has 1 saturated heterocycles. The number of amides is 2. The highest BCUT2D eigenvalue weighted by Crippen LogP contribution is 2.22. The van der Waals surface area contributed by atoms with Gasteiger partial charge in [0.15, 0.2) is 5.78 Å². The van der Waals surface area contributed by atoms with Crippen LogP contribution in [0.3, 0.4) is 0 Å². The Morgan fingerprint density at radius 1 is 1.48 bits per heavy atom. The van der Waals surface area contributed by atoms with Gasteiger partial charge in [-0.1, -0.05) is 27.2 Å². The van der Waals surface area contributed by atoms with Crippen LogP contribution in [0, 0.1) is 17.8 Å². The smallest absolute Gasteiger partial charge is 0.224 e. The van der Waals surface area contributed by atoms with Gasteiger partial charge in [0, 0.05) is 11.3 Å². The van der Waals surface area contributed by atoms with Crippen LogP contribution in [0.1, 0.15) is 40.0 Å². The van der Waals surface area contributed by atoms with Crippen molar-refractivity contribution in [3.05, 3.63) is 6.42 Å². The molecule has 1 aliphatic heterocycles. The summed E-state index contributed by atoms with van der Waals surface area (Å²) < 4.78 is 5.23. The summed E-state index contributed by atoms with van der Waals surface area (Å²) >= 11 is 0. The summed E-state index contributed by atoms with van der Waals surface area (Å²) in [5.74, 6) is -0.892. The van der Waals surface area contributed by atoms with E-state index in [9.17, 15) is 14.4 Å². The van der Waals surface area contributed by atoms with Crippen LogP contribution in [0.25, 0.3) is 0 Å². The number of carbonyl (C=O) groups excluding carboxylic acids is 3. The Balaban J connectivity index is 2.55. The Morgan fingerprint density at radius 3 is 2.71 bits per heavy atom. The third kappa shape index (κ3) is 5.12. The lowest BCUT2D eigenvalue weighted by atomic mass is 9.86. The Bertz CT molecular complexity index is 404. The maximum atomic E-state index is 12.0. The Morgan fingerprint density at radius 2 is 2.14 bits per heavy atom. The van der Waals surface area contributed by atoms with E-state index in [1.54, 1.807) is 13.8 Å². The first-order valence-corrected chi connectivity index (χ1v) is 7.32. The first-order valence-electron chi connectivity index (χ1n) is 7.32. The number of ketones is 1. The van der Waals surface area contributed by atoms with Gasteiger partial charge in [-0.2, -0.15) is 0 Å². The molecule has 0 spiro atoms. The number of primary amides is 1. The molecule has 1 radical (unpaired) electrons. The van der Waals surface area contributed by atoms with Crippen molar-refractivity contribution in [2.75, 3.05) is 13.2 Å². The minimum absolute atomic E-state index is 0.0118. The summed E-state index contributed by atoms with van der Waals surface area (Å²) in [5.41, 5.74) is 4.49. The Kier molecular flexibility index (Phi) is 6.33. The van der Waals surface area contributed by atoms with Gasteiger partial charge in [-0.05, 0) is 12.8 Å². The second-order valence-corrected chi connectivity index (χ2v) is 6.17. The van der Waals surface area contributed by atoms with Crippen molar-refractivity contribution in [2.45, 2.75) is 46.1 Å². The van der Waals surface area contributed by atoms with Gasteiger partial charge in [0.25, 0.3) is 0 Å². The molecule has 119 valence electrons. The lowest BCUT2D eigenvalue weighted by Crippen LogP contribution is -2.52. The summed E-state index contributed by atoms with van der Waals surface area (Å²) in [6.45, 7) is 5.91. The fraction of sp³-hybridized carbons (Fsp3) is 0.733. The van der Waals surface area contributed by atoms with E-state index < -0.39 is 17.4 Å². The Hall–Kier alpha value is -1.43. The van der Waals surface area contributed by atoms with Crippen molar-refractivity contribution in [1.82, 2.24) is 5.32 Å². The molecule has 6 heteroatoms. The first-order chi connectivity index (χ1) is 9.77. The van der Waals surface area contributed by atoms with E-state index in [0.29, 0.717) is 6.61 Å². The predicted molar refractivity (Wildman–Crippen MR) is 78.0 cm³/mol. The molecule has 1 fully saturated rings. The van der Waals surface area contributed by atoms with E-state index in [1.807, 2.05) is 6.92 Å². The molecule has 2 unspecified atom stereocenters. The molecular weight excluding hydrogens is 272 g/mol. The third-order valence-electron chi connectivity index (χ3n) is 3.82. The van der Waals surface area contributed by atoms with Crippen LogP contribution in [0.15, 0.2) is 0 Å². The second-order valence-electron chi connectivity index (χ2n) is 6.17. The molecule has 2 amide bonds. The van der Waals surface area contributed by atoms with Gasteiger partial charge >= 0.3 is 0 Å². The standard InChI is InChI=1S/C15H25N2O4/c1-4-5-10-8-21-9-11(18)13(10)17-12(19)6-7-15(2,3)14(16)20/h6,10,13H,4-5,7-9H2,1-3H3,(H2,16,20)(H,17,19). The van der Waals surface area contributed by atoms with Gasteiger partial charge in [0.2, 0.25) is 11.8 Å². The first kappa shape index (κ1) is 17.6. The molecule has 1 aliphatic rings. The molecular formula is C15H25N2O4. The summed E-state index contributed by atoms with van der Waals surface area (Å²) in [6.07, 6.45) is 3.37. The zero-order chi connectivity index (χ0) is 16.0. The lowest BCUT2D eigenvalue weighted by molar-refractivity contribution is -0.137. The minimum Gasteiger partial charge on any atom is -0.373 e. The zero-order valence-electron chi connectivity index (χ0n) is 13.0. The van der Waals surface area contributed by atoms with E-state index in [4.69, 9.17) is 10.5 Å². The number of nitrogens with two attached hydrogens (primary N) is 1. The second kappa shape index (κ2) is 7.54. The van der Waals surface area contributed by atoms with Crippen LogP contribution in [-0.2, 0) is 19.1 Å². The van der Waals surface area contributed by atoms with Gasteiger partial charge < -0.3 is 15.8 Å². The molecule has 21 heavy (non-hydrogen) atoms. The molecule has 6 nitrogen and oxygen atoms in total. The number of nitrogens with one attached hydrogen (secondary N) is 1. The Labute approximate surface area is 125 Å². The molecule has 3 N–H and O–H groups in total. The fourth-order valence-electron chi connectivity index (χ4n) is 2.24. The molecule has 0 saturated carbocycles. The van der Waals surface area contributed by atoms with Gasteiger partial charge in [-0.25, -0.2) is 0 Å². The van der Waals surface area contributed by atoms with Gasteiger partial charge in [-0.3, -0.25) is 14.4 Å². The van der Waals surface area contributed by atoms with E-state index in [0.717, 1.165) is 12.8 Å². The SMILES string of the molecule is CCCC1COCC(=O)C1NC(=O)[CH]CC(C)(C)C(N)=O. The van der Waals surface area contributed by atoms with Crippen LogP contribution >= 0.6 is 0 Å². The highest BCUT2D eigenvalue weighted by molar-refractivity contribution is 5.93. The maximum Gasteiger partial charge on any atom is 0.224 e. The molecule has 0 aromatic carbocycles. The maximum absolute atomic E-state index is 12.0. The summed E-state index contributed by atoms with van der Waals surface area (Å²) in [6, 6.07) is -0.501. The van der Waals surface area contributed by atoms with Crippen molar-refractivity contribution in [1.29, 1.82) is 0 Å². The van der Waals surface area contributed by atoms with Crippen LogP contribution in [0.4, 0.5) is 0 Å². The van der Waals surface area contributed by atoms with Crippen LogP contribution < -0.4 is 11.1 Å². The third-order valence-corrected chi connectivity index (χ3v) is 3.82. The number of Topliss-reactive ketones (excluding diaryl/α,β-unsaturated/α-hetero) is 1. The lowest BCUT2D eigenvalue weighted by Gasteiger charge is -2.31. The summed E-state index contributed by atoms with van der Waals surface area (Å²) in [4.78, 5) is 35.1. The number of hydrogen-bond donors (Lipinski definition) is 2. The van der Waals surface area contributed by atoms with Crippen molar-refractivity contribution < 1.29 is 19.1 Å². The van der Waals surface area contributed by atoms with E-state index in [2.05, 4.69) is 5.32 Å². The van der Waals surface area contributed by atoms with Gasteiger partial charge in [0.1, 0.15) is 6.61 Å². The van der Waals surface area contributed by atoms with Crippen LogP contribution in [0.5, 0.6) is 0 Å². The van der Waals surface area contributed by atoms with E-state index in [-0.39, 0.29) is 30.6 Å². The highest BCUT2D eigenvalue weighted by atomic mass is 16.5. The minimum atomic E-state index is -0.778. The normalized spacial score (nSPS) is 22.9. The quantitative estimate of drug-likeness (QED) is 0.718. The number of ether oxygens (including phenoxy) is 1. The number of hydrogen-bond acceptors (Lipinski definition) is 4. The topological polar surface area (TPSA) is 98.5 Å². The average molecular weight is 297 g/mol. The van der Waals surface area contributed by atoms with Crippen molar-refractivity contribution in [2.24, 2.45) is 17.1 Å². The fourth-order valence-corrected chi connectivity index (χ4v) is 2.24. The zero-order valence-corrected chi connectivity index (χ0v) is 13.0. The largest absolute Gasteiger partial charge is 0.373 e. The van der Waals surface area contributed by atoms with Gasteiger partial charge in [-0.15, -0.1) is 0 Å². The van der Waals surface area contributed by atoms with E-state index in [1.165, 1.54) is 6.42 Å². The molecule has 1 rings (SSSR count). The summed E-state index contributed by atoms with van der Waals surface area (Å²) in [7, 11) is 0. The molecule has 0 aromatic rings. The summed E-state index contributed by atoms with van der Waals surface area (Å²) in [5, 5.41) is 2.74. The number of carbonyl (C=O) groups is 3. The predicted octanol–water partition coefficient (Wildman–Crippen LogP) is 0.593. The molecule has 0 aromatic heterocycles. The van der Waals surface area contributed by atoms with Gasteiger partial charge in [0.05, 0.1) is 19.1 Å². The number of rotatable bonds is 7. The molecule has 2 atom stereocenters. The van der Waals surface area contributed by atoms with Crippen molar-refractivity contribution >= 4 is 17.6 Å². The van der Waals surface area contributed by atoms with Crippen molar-refractivity contribution in [3.63, 3.8) is 0 Å². The van der Waals surface area contributed by atoms with E-state index >= 15 is 0 Å². The average Bonchev–Trinajstić information content (AvgIpc) is 2.40.